The van der Waals surface area contributed by atoms with Crippen LogP contribution in [0.1, 0.15) is 290 Å². The van der Waals surface area contributed by atoms with Crippen LogP contribution in [0.15, 0.2) is 85.1 Å². The maximum Gasteiger partial charge on any atom is 0.335 e. The maximum atomic E-state index is 13.2. The van der Waals surface area contributed by atoms with Crippen LogP contribution in [0.3, 0.4) is 0 Å². The molecule has 0 radical (unpaired) electrons. The van der Waals surface area contributed by atoms with Crippen LogP contribution >= 0.6 is 0 Å². The lowest BCUT2D eigenvalue weighted by Gasteiger charge is -2.40. The second kappa shape index (κ2) is 58.3. The summed E-state index contributed by atoms with van der Waals surface area (Å²) in [6.07, 6.45) is 63.9. The third kappa shape index (κ3) is 47.8. The average molecular weight is 1170 g/mol. The van der Waals surface area contributed by atoms with Crippen LogP contribution in [0.4, 0.5) is 0 Å². The maximum absolute atomic E-state index is 13.2. The minimum atomic E-state index is -1.91. The third-order valence-electron chi connectivity index (χ3n) is 14.9. The zero-order valence-corrected chi connectivity index (χ0v) is 52.7. The fourth-order valence-corrected chi connectivity index (χ4v) is 9.80. The van der Waals surface area contributed by atoms with E-state index in [-0.39, 0.29) is 25.9 Å². The number of carboxylic acids is 1. The molecule has 0 aromatic heterocycles. The van der Waals surface area contributed by atoms with E-state index in [4.69, 9.17) is 23.7 Å². The number of hydrogen-bond acceptors (Lipinski definition) is 11. The monoisotopic (exact) mass is 1160 g/mol. The normalized spacial score (nSPS) is 18.1. The Morgan fingerprint density at radius 3 is 1.18 bits per heavy atom. The molecule has 0 aromatic rings. The highest BCUT2D eigenvalue weighted by molar-refractivity contribution is 5.74. The van der Waals surface area contributed by atoms with E-state index in [1.54, 1.807) is 0 Å². The highest BCUT2D eigenvalue weighted by atomic mass is 16.7. The molecule has 12 heteroatoms. The van der Waals surface area contributed by atoms with E-state index >= 15 is 0 Å². The van der Waals surface area contributed by atoms with E-state index < -0.39 is 67.3 Å². The fraction of sp³-hybridized carbons (Fsp3) is 0.746. The van der Waals surface area contributed by atoms with Gasteiger partial charge in [-0.3, -0.25) is 14.4 Å². The Morgan fingerprint density at radius 1 is 0.410 bits per heavy atom. The summed E-state index contributed by atoms with van der Waals surface area (Å²) >= 11 is 0. The van der Waals surface area contributed by atoms with Crippen LogP contribution < -0.4 is 0 Å². The Hall–Kier alpha value is -4.10. The molecular weight excluding hydrogens is 1040 g/mol. The first-order valence-corrected chi connectivity index (χ1v) is 33.6. The van der Waals surface area contributed by atoms with E-state index in [1.165, 1.54) is 116 Å². The number of ether oxygens (including phenoxy) is 5. The molecule has 0 aliphatic carbocycles. The van der Waals surface area contributed by atoms with Gasteiger partial charge in [0.05, 0.1) is 6.61 Å². The summed E-state index contributed by atoms with van der Waals surface area (Å²) < 4.78 is 28.5. The number of unbranched alkanes of at least 4 members (excludes halogenated alkanes) is 29. The van der Waals surface area contributed by atoms with Gasteiger partial charge >= 0.3 is 23.9 Å². The van der Waals surface area contributed by atoms with Crippen LogP contribution in [0, 0.1) is 0 Å². The number of aliphatic hydroxyl groups excluding tert-OH is 2. The van der Waals surface area contributed by atoms with Gasteiger partial charge in [0, 0.05) is 19.3 Å². The van der Waals surface area contributed by atoms with Crippen LogP contribution in [-0.2, 0) is 42.9 Å². The average Bonchev–Trinajstić information content (AvgIpc) is 3.58. The van der Waals surface area contributed by atoms with E-state index in [9.17, 15) is 34.5 Å². The summed E-state index contributed by atoms with van der Waals surface area (Å²) in [6, 6.07) is 0. The SMILES string of the molecule is CC/C=C\C/C=C\C/C=C\C/C=C\C/C=C\CCCCCC(=O)OCC(COC1OC(C(=O)O)C(O)C(O)C1OC(=O)CCCCCCC/C=C\CCCCCCCC)OC(=O)CCCCCCCCCCC/C=C\CCCCCCCC. The van der Waals surface area contributed by atoms with Crippen LogP contribution in [0.25, 0.3) is 0 Å². The Balaban J connectivity index is 2.68. The predicted octanol–water partition coefficient (Wildman–Crippen LogP) is 18.2. The summed E-state index contributed by atoms with van der Waals surface area (Å²) in [5, 5.41) is 31.6. The van der Waals surface area contributed by atoms with Crippen LogP contribution in [-0.4, -0.2) is 89.2 Å². The van der Waals surface area contributed by atoms with Crippen molar-refractivity contribution in [1.29, 1.82) is 0 Å². The lowest BCUT2D eigenvalue weighted by molar-refractivity contribution is -0.301. The van der Waals surface area contributed by atoms with Crippen LogP contribution in [0.5, 0.6) is 0 Å². The molecule has 83 heavy (non-hydrogen) atoms. The molecule has 0 aromatic carbocycles. The molecule has 476 valence electrons. The van der Waals surface area contributed by atoms with E-state index in [2.05, 4.69) is 106 Å². The molecule has 6 unspecified atom stereocenters. The van der Waals surface area contributed by atoms with Gasteiger partial charge in [-0.25, -0.2) is 4.79 Å². The molecule has 1 saturated heterocycles. The number of esters is 3. The number of rotatable bonds is 57. The van der Waals surface area contributed by atoms with Crippen molar-refractivity contribution in [3.05, 3.63) is 85.1 Å². The minimum Gasteiger partial charge on any atom is -0.479 e. The molecule has 0 saturated carbocycles. The molecular formula is C71H120O12. The van der Waals surface area contributed by atoms with E-state index in [0.717, 1.165) is 116 Å². The number of aliphatic hydroxyl groups is 2. The Labute approximate surface area is 505 Å². The summed E-state index contributed by atoms with van der Waals surface area (Å²) in [6.45, 7) is 5.87. The van der Waals surface area contributed by atoms with Crippen molar-refractivity contribution in [2.45, 2.75) is 327 Å². The van der Waals surface area contributed by atoms with Gasteiger partial charge < -0.3 is 39.0 Å². The van der Waals surface area contributed by atoms with Gasteiger partial charge in [0.1, 0.15) is 18.8 Å². The summed E-state index contributed by atoms with van der Waals surface area (Å²) in [5.41, 5.74) is 0. The number of carbonyl (C=O) groups excluding carboxylic acids is 3. The van der Waals surface area contributed by atoms with Crippen molar-refractivity contribution in [2.24, 2.45) is 0 Å². The van der Waals surface area contributed by atoms with Crippen molar-refractivity contribution < 1.29 is 58.2 Å². The minimum absolute atomic E-state index is 0.0452. The van der Waals surface area contributed by atoms with Gasteiger partial charge in [-0.05, 0) is 116 Å². The van der Waals surface area contributed by atoms with E-state index in [1.807, 2.05) is 0 Å². The highest BCUT2D eigenvalue weighted by Crippen LogP contribution is 2.27. The number of carboxylic acid groups (broad SMARTS) is 1. The molecule has 0 spiro atoms. The molecule has 1 aliphatic heterocycles. The summed E-state index contributed by atoms with van der Waals surface area (Å²) in [5.74, 6) is -3.17. The number of allylic oxidation sites excluding steroid dienone is 14. The van der Waals surface area contributed by atoms with Gasteiger partial charge in [0.2, 0.25) is 0 Å². The first kappa shape index (κ1) is 76.9. The Morgan fingerprint density at radius 2 is 0.759 bits per heavy atom. The molecule has 0 bridgehead atoms. The standard InChI is InChI=1S/C71H120O12/c1-4-7-10-13-16-19-22-25-28-30-32-34-37-39-42-45-48-51-54-57-63(72)79-60-62(81-64(73)58-55-52-49-46-43-41-38-35-33-31-29-26-23-20-17-14-11-8-5-2)61-80-71-69(67(76)66(75)68(83-71)70(77)78)82-65(74)59-56-53-50-47-44-40-36-27-24-21-18-15-12-9-6-3/h7,10,16,19,25-29,32,34,36,39,42,62,66-69,71,75-76H,4-6,8-9,11-15,17-18,20-24,30-31,33,35,37-38,40-41,43-61H2,1-3H3,(H,77,78)/b10-7-,19-16-,28-25-,29-26-,34-32-,36-27-,42-39-. The number of hydrogen-bond donors (Lipinski definition) is 3. The van der Waals surface area contributed by atoms with Crippen molar-refractivity contribution in [2.75, 3.05) is 13.2 Å². The topological polar surface area (TPSA) is 175 Å². The van der Waals surface area contributed by atoms with Gasteiger partial charge in [-0.15, -0.1) is 0 Å². The van der Waals surface area contributed by atoms with Gasteiger partial charge in [0.25, 0.3) is 0 Å². The smallest absolute Gasteiger partial charge is 0.335 e. The lowest BCUT2D eigenvalue weighted by atomic mass is 9.98. The molecule has 1 rings (SSSR count). The molecule has 12 nitrogen and oxygen atoms in total. The Kier molecular flexibility index (Phi) is 54.0. The predicted molar refractivity (Wildman–Crippen MR) is 340 cm³/mol. The molecule has 0 amide bonds. The first-order chi connectivity index (χ1) is 40.6. The lowest BCUT2D eigenvalue weighted by Crippen LogP contribution is -2.61. The van der Waals surface area contributed by atoms with Crippen molar-refractivity contribution in [3.63, 3.8) is 0 Å². The highest BCUT2D eigenvalue weighted by Gasteiger charge is 2.50. The molecule has 1 heterocycles. The van der Waals surface area contributed by atoms with Gasteiger partial charge in [-0.2, -0.15) is 0 Å². The van der Waals surface area contributed by atoms with Gasteiger partial charge in [-0.1, -0.05) is 241 Å². The molecule has 1 fully saturated rings. The largest absolute Gasteiger partial charge is 0.479 e. The zero-order valence-electron chi connectivity index (χ0n) is 52.7. The zero-order chi connectivity index (χ0) is 60.3. The van der Waals surface area contributed by atoms with Crippen molar-refractivity contribution >= 4 is 23.9 Å². The fourth-order valence-electron chi connectivity index (χ4n) is 9.80. The van der Waals surface area contributed by atoms with Crippen molar-refractivity contribution in [3.8, 4) is 0 Å². The third-order valence-corrected chi connectivity index (χ3v) is 14.9. The second-order valence-electron chi connectivity index (χ2n) is 22.7. The van der Waals surface area contributed by atoms with Gasteiger partial charge in [0.15, 0.2) is 24.6 Å². The number of aliphatic carboxylic acids is 1. The second-order valence-corrected chi connectivity index (χ2v) is 22.7. The van der Waals surface area contributed by atoms with Crippen molar-refractivity contribution in [1.82, 2.24) is 0 Å². The quantitative estimate of drug-likeness (QED) is 0.0228. The molecule has 1 aliphatic rings. The van der Waals surface area contributed by atoms with Crippen LogP contribution in [0.2, 0.25) is 0 Å². The number of carbonyl (C=O) groups is 4. The summed E-state index contributed by atoms with van der Waals surface area (Å²) in [4.78, 5) is 51.4. The first-order valence-electron chi connectivity index (χ1n) is 33.6. The van der Waals surface area contributed by atoms with E-state index in [0.29, 0.717) is 19.3 Å². The summed E-state index contributed by atoms with van der Waals surface area (Å²) in [7, 11) is 0. The Bertz CT molecular complexity index is 1760. The molecule has 6 atom stereocenters. The molecule has 3 N–H and O–H groups in total.